The highest BCUT2D eigenvalue weighted by Gasteiger charge is 2.37. The lowest BCUT2D eigenvalue weighted by Gasteiger charge is -2.16. The first-order chi connectivity index (χ1) is 14.7. The molecule has 11 heteroatoms. The number of anilines is 1. The molecule has 0 atom stereocenters. The average molecular weight is 462 g/mol. The number of hydrogen-bond acceptors (Lipinski definition) is 4. The molecule has 0 heterocycles. The largest absolute Gasteiger partial charge is 0.416 e. The van der Waals surface area contributed by atoms with Crippen LogP contribution in [0.1, 0.15) is 30.0 Å². The molecule has 0 aliphatic carbocycles. The molecule has 176 valence electrons. The highest BCUT2D eigenvalue weighted by molar-refractivity contribution is 5.86. The lowest BCUT2D eigenvalue weighted by Crippen LogP contribution is -2.30. The Bertz CT molecular complexity index is 922. The van der Waals surface area contributed by atoms with Gasteiger partial charge in [-0.05, 0) is 30.2 Å². The molecule has 0 fully saturated rings. The van der Waals surface area contributed by atoms with Crippen LogP contribution in [0.25, 0.3) is 16.8 Å². The van der Waals surface area contributed by atoms with Gasteiger partial charge in [-0.15, -0.1) is 0 Å². The average Bonchev–Trinajstić information content (AvgIpc) is 2.70. The summed E-state index contributed by atoms with van der Waals surface area (Å²) in [6.45, 7) is 6.30. The smallest absolute Gasteiger partial charge is 0.399 e. The number of rotatable bonds is 5. The molecule has 32 heavy (non-hydrogen) atoms. The number of para-hydroxylation sites is 1. The molecular weight excluding hydrogens is 438 g/mol. The Morgan fingerprint density at radius 3 is 1.97 bits per heavy atom. The second-order valence-electron chi connectivity index (χ2n) is 6.64. The van der Waals surface area contributed by atoms with E-state index in [1.165, 1.54) is 18.2 Å². The molecular formula is C21H24F6N4O. The lowest BCUT2D eigenvalue weighted by atomic mass is 9.95. The van der Waals surface area contributed by atoms with Gasteiger partial charge in [0.1, 0.15) is 0 Å². The Morgan fingerprint density at radius 1 is 1.03 bits per heavy atom. The van der Waals surface area contributed by atoms with Gasteiger partial charge in [0.15, 0.2) is 0 Å². The summed E-state index contributed by atoms with van der Waals surface area (Å²) in [5.74, 6) is -0.0770. The number of nitrogens with one attached hydrogen (secondary N) is 1. The minimum atomic E-state index is -4.93. The quantitative estimate of drug-likeness (QED) is 0.391. The first-order valence-corrected chi connectivity index (χ1v) is 9.32. The second kappa shape index (κ2) is 10.9. The zero-order valence-electron chi connectivity index (χ0n) is 17.2. The van der Waals surface area contributed by atoms with E-state index in [-0.39, 0.29) is 46.6 Å². The van der Waals surface area contributed by atoms with Crippen molar-refractivity contribution in [2.75, 3.05) is 18.8 Å². The fourth-order valence-corrected chi connectivity index (χ4v) is 2.54. The minimum Gasteiger partial charge on any atom is -0.399 e. The summed E-state index contributed by atoms with van der Waals surface area (Å²) in [4.78, 5) is 10.3. The molecule has 0 radical (unpaired) electrons. The number of benzene rings is 2. The summed E-state index contributed by atoms with van der Waals surface area (Å²) in [6, 6.07) is 5.50. The topological polar surface area (TPSA) is 107 Å². The second-order valence-corrected chi connectivity index (χ2v) is 6.64. The van der Waals surface area contributed by atoms with Gasteiger partial charge in [-0.25, -0.2) is 0 Å². The number of halogens is 6. The maximum atomic E-state index is 12.9. The Hall–Kier alpha value is -3.21. The normalized spacial score (nSPS) is 11.4. The molecule has 7 N–H and O–H groups in total. The Kier molecular flexibility index (Phi) is 9.13. The van der Waals surface area contributed by atoms with E-state index in [4.69, 9.17) is 17.2 Å². The number of alkyl halides is 6. The van der Waals surface area contributed by atoms with Crippen molar-refractivity contribution in [2.24, 2.45) is 11.5 Å². The SMILES string of the molecule is C=C(N)c1cccc(-c2cc(C(F)(F)F)cc(C(F)(F)F)c2)c1N.CCCNC(=O)CN. The Labute approximate surface area is 181 Å². The Morgan fingerprint density at radius 2 is 1.56 bits per heavy atom. The van der Waals surface area contributed by atoms with Crippen LogP contribution in [0.4, 0.5) is 32.0 Å². The molecule has 2 aromatic carbocycles. The van der Waals surface area contributed by atoms with Crippen LogP contribution in [0.5, 0.6) is 0 Å². The molecule has 2 rings (SSSR count). The molecule has 0 aliphatic rings. The van der Waals surface area contributed by atoms with E-state index >= 15 is 0 Å². The summed E-state index contributed by atoms with van der Waals surface area (Å²) in [6.07, 6.45) is -8.90. The van der Waals surface area contributed by atoms with E-state index in [2.05, 4.69) is 11.9 Å². The fourth-order valence-electron chi connectivity index (χ4n) is 2.54. The highest BCUT2D eigenvalue weighted by atomic mass is 19.4. The molecule has 0 aromatic heterocycles. The minimum absolute atomic E-state index is 0.00991. The van der Waals surface area contributed by atoms with Gasteiger partial charge in [-0.2, -0.15) is 26.3 Å². The number of carbonyl (C=O) groups excluding carboxylic acids is 1. The van der Waals surface area contributed by atoms with Crippen LogP contribution >= 0.6 is 0 Å². The van der Waals surface area contributed by atoms with Crippen molar-refractivity contribution in [1.29, 1.82) is 0 Å². The molecule has 0 unspecified atom stereocenters. The van der Waals surface area contributed by atoms with E-state index in [9.17, 15) is 31.1 Å². The van der Waals surface area contributed by atoms with Crippen molar-refractivity contribution in [3.05, 3.63) is 59.7 Å². The molecule has 0 saturated carbocycles. The van der Waals surface area contributed by atoms with Crippen LogP contribution in [0.3, 0.4) is 0 Å². The molecule has 0 bridgehead atoms. The van der Waals surface area contributed by atoms with Gasteiger partial charge in [-0.1, -0.05) is 31.7 Å². The van der Waals surface area contributed by atoms with Gasteiger partial charge in [-0.3, -0.25) is 4.79 Å². The summed E-state index contributed by atoms with van der Waals surface area (Å²) < 4.78 is 77.6. The summed E-state index contributed by atoms with van der Waals surface area (Å²) >= 11 is 0. The van der Waals surface area contributed by atoms with Gasteiger partial charge in [0.2, 0.25) is 5.91 Å². The first kappa shape index (κ1) is 26.8. The molecule has 5 nitrogen and oxygen atoms in total. The third kappa shape index (κ3) is 7.49. The van der Waals surface area contributed by atoms with E-state index < -0.39 is 23.5 Å². The van der Waals surface area contributed by atoms with Crippen LogP contribution in [-0.2, 0) is 17.1 Å². The maximum Gasteiger partial charge on any atom is 0.416 e. The maximum absolute atomic E-state index is 12.9. The third-order valence-electron chi connectivity index (χ3n) is 4.11. The van der Waals surface area contributed by atoms with Crippen molar-refractivity contribution < 1.29 is 31.1 Å². The fraction of sp³-hybridized carbons (Fsp3) is 0.286. The van der Waals surface area contributed by atoms with Crippen molar-refractivity contribution >= 4 is 17.3 Å². The van der Waals surface area contributed by atoms with Gasteiger partial charge < -0.3 is 22.5 Å². The number of nitrogen functional groups attached to an aromatic ring is 1. The molecule has 0 aliphatic heterocycles. The third-order valence-corrected chi connectivity index (χ3v) is 4.11. The van der Waals surface area contributed by atoms with Crippen molar-refractivity contribution in [3.8, 4) is 11.1 Å². The van der Waals surface area contributed by atoms with E-state index in [1.807, 2.05) is 6.92 Å². The van der Waals surface area contributed by atoms with Gasteiger partial charge in [0, 0.05) is 29.1 Å². The summed E-state index contributed by atoms with van der Waals surface area (Å²) in [7, 11) is 0. The lowest BCUT2D eigenvalue weighted by molar-refractivity contribution is -0.143. The zero-order chi connectivity index (χ0) is 24.7. The number of amides is 1. The number of nitrogens with two attached hydrogens (primary N) is 3. The van der Waals surface area contributed by atoms with Crippen LogP contribution in [-0.4, -0.2) is 19.0 Å². The van der Waals surface area contributed by atoms with E-state index in [0.29, 0.717) is 12.1 Å². The summed E-state index contributed by atoms with van der Waals surface area (Å²) in [5.41, 5.74) is 13.5. The zero-order valence-corrected chi connectivity index (χ0v) is 17.2. The van der Waals surface area contributed by atoms with Gasteiger partial charge in [0.05, 0.1) is 17.7 Å². The van der Waals surface area contributed by atoms with Gasteiger partial charge in [0.25, 0.3) is 0 Å². The number of hydrogen-bond donors (Lipinski definition) is 4. The van der Waals surface area contributed by atoms with Crippen LogP contribution in [0.15, 0.2) is 43.0 Å². The number of carbonyl (C=O) groups is 1. The van der Waals surface area contributed by atoms with Crippen molar-refractivity contribution in [2.45, 2.75) is 25.7 Å². The monoisotopic (exact) mass is 462 g/mol. The Balaban J connectivity index is 0.000000547. The standard InChI is InChI=1S/C16H12F6N2.C5H12N2O/c1-8(23)12-3-2-4-13(14(12)24)9-5-10(15(17,18)19)7-11(6-9)16(20,21)22;1-2-3-7-5(8)4-6/h2-7H,1,23-24H2;2-4,6H2,1H3,(H,7,8). The van der Waals surface area contributed by atoms with E-state index in [0.717, 1.165) is 13.0 Å². The highest BCUT2D eigenvalue weighted by Crippen LogP contribution is 2.40. The van der Waals surface area contributed by atoms with Crippen LogP contribution in [0.2, 0.25) is 0 Å². The predicted octanol–water partition coefficient (Wildman–Crippen LogP) is 4.37. The first-order valence-electron chi connectivity index (χ1n) is 9.32. The molecule has 2 aromatic rings. The van der Waals surface area contributed by atoms with E-state index in [1.54, 1.807) is 0 Å². The van der Waals surface area contributed by atoms with Crippen molar-refractivity contribution in [3.63, 3.8) is 0 Å². The summed E-state index contributed by atoms with van der Waals surface area (Å²) in [5, 5.41) is 2.62. The van der Waals surface area contributed by atoms with Crippen LogP contribution in [0, 0.1) is 0 Å². The van der Waals surface area contributed by atoms with Gasteiger partial charge >= 0.3 is 12.4 Å². The molecule has 0 spiro atoms. The predicted molar refractivity (Wildman–Crippen MR) is 112 cm³/mol. The van der Waals surface area contributed by atoms with Crippen molar-refractivity contribution in [1.82, 2.24) is 5.32 Å². The van der Waals surface area contributed by atoms with Crippen LogP contribution < -0.4 is 22.5 Å². The molecule has 0 saturated heterocycles. The molecule has 1 amide bonds.